The summed E-state index contributed by atoms with van der Waals surface area (Å²) < 4.78 is 9.68. The number of carboxylic acids is 1. The number of rotatable bonds is 16. The minimum Gasteiger partial charge on any atom is -0.481 e. The lowest BCUT2D eigenvalue weighted by Gasteiger charge is -2.23. The maximum atomic E-state index is 11.6. The van der Waals surface area contributed by atoms with Gasteiger partial charge in [0.1, 0.15) is 19.3 Å². The monoisotopic (exact) mass is 696 g/mol. The van der Waals surface area contributed by atoms with Gasteiger partial charge in [-0.05, 0) is 82.6 Å². The summed E-state index contributed by atoms with van der Waals surface area (Å²) in [6, 6.07) is 16.9. The van der Waals surface area contributed by atoms with Gasteiger partial charge in [-0.2, -0.15) is 0 Å². The molecule has 0 radical (unpaired) electrons. The number of H-pyrrole nitrogens is 1. The summed E-state index contributed by atoms with van der Waals surface area (Å²) in [6.07, 6.45) is 1.45. The van der Waals surface area contributed by atoms with Crippen molar-refractivity contribution in [1.29, 1.82) is 0 Å². The van der Waals surface area contributed by atoms with E-state index in [0.29, 0.717) is 19.5 Å². The number of aromatic amines is 1. The maximum Gasteiger partial charge on any atom is 0.333 e. The topological polar surface area (TPSA) is 163 Å². The highest BCUT2D eigenvalue weighted by Crippen LogP contribution is 2.26. The summed E-state index contributed by atoms with van der Waals surface area (Å²) >= 11 is 0. The number of aliphatic carboxylic acids is 1. The van der Waals surface area contributed by atoms with Gasteiger partial charge in [0.25, 0.3) is 0 Å². The first kappa shape index (κ1) is 43.8. The number of hydrogen-bond acceptors (Lipinski definition) is 9. The molecule has 1 unspecified atom stereocenters. The minimum absolute atomic E-state index is 0.189. The molecule has 1 atom stereocenters. The second kappa shape index (κ2) is 20.5. The molecule has 0 amide bonds. The Hall–Kier alpha value is -4.22. The predicted molar refractivity (Wildman–Crippen MR) is 200 cm³/mol. The van der Waals surface area contributed by atoms with E-state index >= 15 is 0 Å². The summed E-state index contributed by atoms with van der Waals surface area (Å²) in [5.41, 5.74) is 4.10. The molecule has 0 saturated heterocycles. The largest absolute Gasteiger partial charge is 0.481 e. The number of anilines is 1. The Kier molecular flexibility index (Phi) is 17.9. The summed E-state index contributed by atoms with van der Waals surface area (Å²) in [4.78, 5) is 40.7. The zero-order chi connectivity index (χ0) is 38.1. The fourth-order valence-electron chi connectivity index (χ4n) is 3.67. The standard InChI is InChI=1S/C20H26N4.C13H22O5.C6H12O2/c1-4-20(2,3)16-11-9-15(10-12-16)13-21-14-22-19-23-17-7-5-6-8-18(17)24-19;1-6-13(4,5)12(16)18-8-10(14)7-17-11(15)9(2)3;1-4-6(2,3)5(7)8/h5-12,21H,4,13-14H2,1-3H3,(H2,22,23,24);10,14H,2,6-8H2,1,3-5H3;4H2,1-3H3,(H,7,8). The van der Waals surface area contributed by atoms with Crippen molar-refractivity contribution >= 4 is 34.9 Å². The Morgan fingerprint density at radius 2 is 1.46 bits per heavy atom. The third kappa shape index (κ3) is 15.1. The number of ether oxygens (including phenoxy) is 2. The molecule has 3 rings (SSSR count). The van der Waals surface area contributed by atoms with Gasteiger partial charge in [0, 0.05) is 12.1 Å². The van der Waals surface area contributed by atoms with Crippen LogP contribution < -0.4 is 10.6 Å². The van der Waals surface area contributed by atoms with Crippen LogP contribution in [0.15, 0.2) is 60.7 Å². The van der Waals surface area contributed by atoms with Gasteiger partial charge < -0.3 is 30.0 Å². The highest BCUT2D eigenvalue weighted by molar-refractivity contribution is 5.86. The van der Waals surface area contributed by atoms with Crippen LogP contribution in [0.4, 0.5) is 5.95 Å². The highest BCUT2D eigenvalue weighted by atomic mass is 16.6. The molecule has 0 aliphatic rings. The first-order valence-corrected chi connectivity index (χ1v) is 17.2. The van der Waals surface area contributed by atoms with Crippen LogP contribution in [0.3, 0.4) is 0 Å². The number of carbonyl (C=O) groups is 3. The molecule has 0 aliphatic carbocycles. The Balaban J connectivity index is 0.000000424. The number of aliphatic hydroxyl groups is 1. The molecule has 278 valence electrons. The van der Waals surface area contributed by atoms with Gasteiger partial charge in [0.2, 0.25) is 5.95 Å². The number of aliphatic hydroxyl groups excluding tert-OH is 1. The van der Waals surface area contributed by atoms with Gasteiger partial charge in [-0.15, -0.1) is 0 Å². The highest BCUT2D eigenvalue weighted by Gasteiger charge is 2.28. The Morgan fingerprint density at radius 3 is 1.96 bits per heavy atom. The number of para-hydroxylation sites is 2. The van der Waals surface area contributed by atoms with Crippen LogP contribution in [-0.2, 0) is 35.8 Å². The molecular formula is C39H60N4O7. The van der Waals surface area contributed by atoms with Crippen LogP contribution >= 0.6 is 0 Å². The molecular weight excluding hydrogens is 636 g/mol. The van der Waals surface area contributed by atoms with Gasteiger partial charge in [-0.1, -0.05) is 77.6 Å². The number of carbonyl (C=O) groups excluding carboxylic acids is 2. The maximum absolute atomic E-state index is 11.6. The Labute approximate surface area is 298 Å². The normalized spacial score (nSPS) is 12.1. The van der Waals surface area contributed by atoms with Gasteiger partial charge >= 0.3 is 17.9 Å². The van der Waals surface area contributed by atoms with Crippen molar-refractivity contribution in [1.82, 2.24) is 15.3 Å². The number of fused-ring (bicyclic) bond motifs is 1. The van der Waals surface area contributed by atoms with Gasteiger partial charge in [0.05, 0.1) is 28.5 Å². The van der Waals surface area contributed by atoms with Crippen molar-refractivity contribution in [3.8, 4) is 0 Å². The lowest BCUT2D eigenvalue weighted by molar-refractivity contribution is -0.159. The molecule has 3 aromatic rings. The quantitative estimate of drug-likeness (QED) is 0.0443. The first-order valence-electron chi connectivity index (χ1n) is 17.2. The minimum atomic E-state index is -1.02. The lowest BCUT2D eigenvalue weighted by Crippen LogP contribution is -2.31. The van der Waals surface area contributed by atoms with E-state index in [1.165, 1.54) is 18.1 Å². The summed E-state index contributed by atoms with van der Waals surface area (Å²) in [5, 5.41) is 24.6. The number of carboxylic acid groups (broad SMARTS) is 1. The van der Waals surface area contributed by atoms with E-state index < -0.39 is 28.9 Å². The first-order chi connectivity index (χ1) is 23.3. The average molecular weight is 697 g/mol. The molecule has 0 bridgehead atoms. The summed E-state index contributed by atoms with van der Waals surface area (Å²) in [7, 11) is 0. The van der Waals surface area contributed by atoms with Gasteiger partial charge in [-0.3, -0.25) is 14.9 Å². The number of aromatic nitrogens is 2. The molecule has 50 heavy (non-hydrogen) atoms. The van der Waals surface area contributed by atoms with Crippen molar-refractivity contribution in [2.24, 2.45) is 10.8 Å². The van der Waals surface area contributed by atoms with E-state index in [-0.39, 0.29) is 30.2 Å². The molecule has 0 aliphatic heterocycles. The number of nitrogens with one attached hydrogen (secondary N) is 3. The summed E-state index contributed by atoms with van der Waals surface area (Å²) in [5.74, 6) is -0.881. The number of hydrogen-bond donors (Lipinski definition) is 5. The molecule has 0 fully saturated rings. The molecule has 5 N–H and O–H groups in total. The number of nitrogens with zero attached hydrogens (tertiary/aromatic N) is 1. The Morgan fingerprint density at radius 1 is 0.880 bits per heavy atom. The van der Waals surface area contributed by atoms with E-state index in [1.807, 2.05) is 38.1 Å². The van der Waals surface area contributed by atoms with Crippen molar-refractivity contribution in [3.05, 3.63) is 71.8 Å². The zero-order valence-electron chi connectivity index (χ0n) is 31.7. The van der Waals surface area contributed by atoms with Crippen LogP contribution in [0.25, 0.3) is 11.0 Å². The van der Waals surface area contributed by atoms with Crippen LogP contribution in [-0.4, -0.2) is 64.1 Å². The molecule has 11 heteroatoms. The van der Waals surface area contributed by atoms with E-state index in [2.05, 4.69) is 72.2 Å². The second-order valence-electron chi connectivity index (χ2n) is 14.2. The molecule has 2 aromatic carbocycles. The van der Waals surface area contributed by atoms with E-state index in [4.69, 9.17) is 14.6 Å². The molecule has 11 nitrogen and oxygen atoms in total. The van der Waals surface area contributed by atoms with Crippen molar-refractivity contribution in [2.75, 3.05) is 25.2 Å². The molecule has 0 spiro atoms. The lowest BCUT2D eigenvalue weighted by atomic mass is 9.82. The van der Waals surface area contributed by atoms with Gasteiger partial charge in [0.15, 0.2) is 0 Å². The zero-order valence-corrected chi connectivity index (χ0v) is 31.7. The van der Waals surface area contributed by atoms with Crippen molar-refractivity contribution in [3.63, 3.8) is 0 Å². The van der Waals surface area contributed by atoms with Crippen LogP contribution in [0.5, 0.6) is 0 Å². The number of benzene rings is 2. The van der Waals surface area contributed by atoms with Crippen LogP contribution in [0.2, 0.25) is 0 Å². The smallest absolute Gasteiger partial charge is 0.333 e. The van der Waals surface area contributed by atoms with Gasteiger partial charge in [-0.25, -0.2) is 9.78 Å². The third-order valence-electron chi connectivity index (χ3n) is 8.78. The van der Waals surface area contributed by atoms with E-state index in [9.17, 15) is 19.5 Å². The summed E-state index contributed by atoms with van der Waals surface area (Å²) in [6.45, 7) is 23.6. The van der Waals surface area contributed by atoms with Crippen molar-refractivity contribution in [2.45, 2.75) is 107 Å². The van der Waals surface area contributed by atoms with Crippen LogP contribution in [0, 0.1) is 10.8 Å². The fourth-order valence-corrected chi connectivity index (χ4v) is 3.67. The predicted octanol–water partition coefficient (Wildman–Crippen LogP) is 7.36. The number of imidazole rings is 1. The van der Waals surface area contributed by atoms with E-state index in [0.717, 1.165) is 29.9 Å². The molecule has 1 aromatic heterocycles. The Bertz CT molecular complexity index is 1480. The number of esters is 2. The fraction of sp³-hybridized carbons (Fsp3) is 0.538. The second-order valence-corrected chi connectivity index (χ2v) is 14.2. The third-order valence-corrected chi connectivity index (χ3v) is 8.78. The van der Waals surface area contributed by atoms with E-state index in [1.54, 1.807) is 27.7 Å². The SMILES string of the molecule is C=C(C)C(=O)OCC(O)COC(=O)C(C)(C)CC.CCC(C)(C)C(=O)O.CCC(C)(C)c1ccc(CNCNc2nc3ccccc3[nH]2)cc1. The average Bonchev–Trinajstić information content (AvgIpc) is 3.51. The van der Waals surface area contributed by atoms with Crippen molar-refractivity contribution < 1.29 is 34.1 Å². The molecule has 0 saturated carbocycles. The van der Waals surface area contributed by atoms with Crippen LogP contribution in [0.1, 0.15) is 99.6 Å². The molecule has 1 heterocycles.